The van der Waals surface area contributed by atoms with E-state index in [2.05, 4.69) is 41.6 Å². The van der Waals surface area contributed by atoms with Gasteiger partial charge in [-0.1, -0.05) is 0 Å². The fourth-order valence-corrected chi connectivity index (χ4v) is 3.32. The molecule has 6 nitrogen and oxygen atoms in total. The van der Waals surface area contributed by atoms with Crippen LogP contribution in [0.15, 0.2) is 34.9 Å². The standard InChI is InChI=1S/C17H22N6S/c1-12-22-14(11-24-12)10-23(3)17(18-2)20-8-6-13-9-21-16-15(13)5-4-7-19-16/h4-5,7,9,11H,6,8,10H2,1-3H3,(H,18,20)(H,19,21). The number of thiazole rings is 1. The third-order valence-corrected chi connectivity index (χ3v) is 4.68. The third kappa shape index (κ3) is 3.73. The van der Waals surface area contributed by atoms with E-state index in [9.17, 15) is 0 Å². The van der Waals surface area contributed by atoms with Gasteiger partial charge in [-0.05, 0) is 31.0 Å². The number of aliphatic imine (C=N–C) groups is 1. The minimum atomic E-state index is 0.751. The molecule has 3 aromatic heterocycles. The molecule has 0 aliphatic carbocycles. The van der Waals surface area contributed by atoms with E-state index in [1.165, 1.54) is 10.9 Å². The molecule has 7 heteroatoms. The van der Waals surface area contributed by atoms with Gasteiger partial charge in [-0.15, -0.1) is 11.3 Å². The Kier molecular flexibility index (Phi) is 5.10. The number of aromatic nitrogens is 3. The maximum absolute atomic E-state index is 4.51. The number of nitrogens with zero attached hydrogens (tertiary/aromatic N) is 4. The van der Waals surface area contributed by atoms with Crippen LogP contribution in [-0.4, -0.2) is 46.5 Å². The Morgan fingerprint density at radius 3 is 3.08 bits per heavy atom. The van der Waals surface area contributed by atoms with Crippen molar-refractivity contribution in [1.82, 2.24) is 25.2 Å². The lowest BCUT2D eigenvalue weighted by Gasteiger charge is -2.21. The van der Waals surface area contributed by atoms with E-state index in [0.717, 1.165) is 41.8 Å². The number of pyridine rings is 1. The molecule has 0 fully saturated rings. The van der Waals surface area contributed by atoms with Crippen LogP contribution in [0.1, 0.15) is 16.3 Å². The molecule has 0 spiro atoms. The average molecular weight is 342 g/mol. The molecule has 126 valence electrons. The lowest BCUT2D eigenvalue weighted by Crippen LogP contribution is -2.39. The molecular weight excluding hydrogens is 320 g/mol. The Morgan fingerprint density at radius 2 is 2.33 bits per heavy atom. The monoisotopic (exact) mass is 342 g/mol. The first-order valence-corrected chi connectivity index (χ1v) is 8.79. The van der Waals surface area contributed by atoms with Crippen molar-refractivity contribution in [1.29, 1.82) is 0 Å². The molecule has 0 aliphatic heterocycles. The zero-order valence-electron chi connectivity index (χ0n) is 14.2. The second-order valence-corrected chi connectivity index (χ2v) is 6.71. The first kappa shape index (κ1) is 16.4. The number of hydrogen-bond acceptors (Lipinski definition) is 4. The molecule has 0 atom stereocenters. The van der Waals surface area contributed by atoms with E-state index in [0.29, 0.717) is 0 Å². The minimum Gasteiger partial charge on any atom is -0.356 e. The third-order valence-electron chi connectivity index (χ3n) is 3.85. The van der Waals surface area contributed by atoms with Gasteiger partial charge in [-0.3, -0.25) is 4.99 Å². The number of nitrogens with one attached hydrogen (secondary N) is 2. The van der Waals surface area contributed by atoms with E-state index in [1.807, 2.05) is 26.2 Å². The summed E-state index contributed by atoms with van der Waals surface area (Å²) in [5.74, 6) is 0.874. The second-order valence-electron chi connectivity index (χ2n) is 5.65. The molecule has 0 aromatic carbocycles. The molecule has 0 unspecified atom stereocenters. The Balaban J connectivity index is 1.56. The Morgan fingerprint density at radius 1 is 1.46 bits per heavy atom. The van der Waals surface area contributed by atoms with E-state index in [-0.39, 0.29) is 0 Å². The Labute approximate surface area is 145 Å². The maximum Gasteiger partial charge on any atom is 0.193 e. The number of fused-ring (bicyclic) bond motifs is 1. The van der Waals surface area contributed by atoms with E-state index in [1.54, 1.807) is 24.6 Å². The highest BCUT2D eigenvalue weighted by molar-refractivity contribution is 7.09. The summed E-state index contributed by atoms with van der Waals surface area (Å²) in [5.41, 5.74) is 3.28. The lowest BCUT2D eigenvalue weighted by atomic mass is 10.1. The highest BCUT2D eigenvalue weighted by Gasteiger charge is 2.09. The number of rotatable bonds is 5. The first-order valence-electron chi connectivity index (χ1n) is 7.91. The topological polar surface area (TPSA) is 69.2 Å². The normalized spacial score (nSPS) is 11.9. The predicted octanol–water partition coefficient (Wildman–Crippen LogP) is 2.58. The Hall–Kier alpha value is -2.41. The largest absolute Gasteiger partial charge is 0.356 e. The van der Waals surface area contributed by atoms with Crippen LogP contribution >= 0.6 is 11.3 Å². The van der Waals surface area contributed by atoms with Crippen LogP contribution < -0.4 is 5.32 Å². The summed E-state index contributed by atoms with van der Waals surface area (Å²) in [6.07, 6.45) is 4.75. The van der Waals surface area contributed by atoms with Crippen molar-refractivity contribution in [2.75, 3.05) is 20.6 Å². The van der Waals surface area contributed by atoms with Gasteiger partial charge in [0.25, 0.3) is 0 Å². The zero-order valence-corrected chi connectivity index (χ0v) is 15.0. The molecule has 0 saturated carbocycles. The summed E-state index contributed by atoms with van der Waals surface area (Å²) in [7, 11) is 3.83. The number of guanidine groups is 1. The Bertz CT molecular complexity index is 834. The van der Waals surface area contributed by atoms with Gasteiger partial charge in [0.1, 0.15) is 5.65 Å². The van der Waals surface area contributed by atoms with Gasteiger partial charge in [0, 0.05) is 43.8 Å². The lowest BCUT2D eigenvalue weighted by molar-refractivity contribution is 0.471. The summed E-state index contributed by atoms with van der Waals surface area (Å²) < 4.78 is 0. The first-order chi connectivity index (χ1) is 11.7. The van der Waals surface area contributed by atoms with Crippen LogP contribution in [-0.2, 0) is 13.0 Å². The van der Waals surface area contributed by atoms with Gasteiger partial charge in [-0.25, -0.2) is 9.97 Å². The summed E-state index contributed by atoms with van der Waals surface area (Å²) in [6.45, 7) is 3.59. The summed E-state index contributed by atoms with van der Waals surface area (Å²) in [4.78, 5) is 18.5. The highest BCUT2D eigenvalue weighted by Crippen LogP contribution is 2.15. The van der Waals surface area contributed by atoms with Gasteiger partial charge in [0.05, 0.1) is 17.2 Å². The molecule has 3 heterocycles. The molecule has 3 rings (SSSR count). The number of aryl methyl sites for hydroxylation is 1. The van der Waals surface area contributed by atoms with Crippen molar-refractivity contribution in [3.05, 3.63) is 46.2 Å². The van der Waals surface area contributed by atoms with Crippen LogP contribution in [0.25, 0.3) is 11.0 Å². The SMILES string of the molecule is CN=C(NCCc1c[nH]c2ncccc12)N(C)Cc1csc(C)n1. The van der Waals surface area contributed by atoms with Crippen LogP contribution in [0.4, 0.5) is 0 Å². The van der Waals surface area contributed by atoms with Gasteiger partial charge in [-0.2, -0.15) is 0 Å². The van der Waals surface area contributed by atoms with Crippen LogP contribution in [0.5, 0.6) is 0 Å². The molecule has 0 amide bonds. The molecule has 0 aliphatic rings. The molecule has 0 saturated heterocycles. The van der Waals surface area contributed by atoms with Gasteiger partial charge < -0.3 is 15.2 Å². The van der Waals surface area contributed by atoms with E-state index < -0.39 is 0 Å². The summed E-state index contributed by atoms with van der Waals surface area (Å²) >= 11 is 1.68. The predicted molar refractivity (Wildman–Crippen MR) is 99.5 cm³/mol. The van der Waals surface area contributed by atoms with E-state index in [4.69, 9.17) is 0 Å². The highest BCUT2D eigenvalue weighted by atomic mass is 32.1. The summed E-state index contributed by atoms with van der Waals surface area (Å²) in [6, 6.07) is 4.06. The van der Waals surface area contributed by atoms with Gasteiger partial charge in [0.2, 0.25) is 0 Å². The van der Waals surface area contributed by atoms with Crippen molar-refractivity contribution in [2.24, 2.45) is 4.99 Å². The molecule has 0 bridgehead atoms. The molecule has 0 radical (unpaired) electrons. The van der Waals surface area contributed by atoms with Gasteiger partial charge in [0.15, 0.2) is 5.96 Å². The van der Waals surface area contributed by atoms with Gasteiger partial charge >= 0.3 is 0 Å². The van der Waals surface area contributed by atoms with E-state index >= 15 is 0 Å². The van der Waals surface area contributed by atoms with Crippen molar-refractivity contribution >= 4 is 28.3 Å². The van der Waals surface area contributed by atoms with Crippen molar-refractivity contribution in [3.63, 3.8) is 0 Å². The van der Waals surface area contributed by atoms with Crippen molar-refractivity contribution < 1.29 is 0 Å². The summed E-state index contributed by atoms with van der Waals surface area (Å²) in [5, 5.41) is 7.78. The molecule has 2 N–H and O–H groups in total. The van der Waals surface area contributed by atoms with Crippen LogP contribution in [0, 0.1) is 6.92 Å². The zero-order chi connectivity index (χ0) is 16.9. The second kappa shape index (κ2) is 7.44. The van der Waals surface area contributed by atoms with Crippen LogP contribution in [0.3, 0.4) is 0 Å². The number of hydrogen-bond donors (Lipinski definition) is 2. The fourth-order valence-electron chi connectivity index (χ4n) is 2.71. The van der Waals surface area contributed by atoms with Crippen molar-refractivity contribution in [2.45, 2.75) is 19.9 Å². The van der Waals surface area contributed by atoms with Crippen molar-refractivity contribution in [3.8, 4) is 0 Å². The average Bonchev–Trinajstić information content (AvgIpc) is 3.18. The maximum atomic E-state index is 4.51. The quantitative estimate of drug-likeness (QED) is 0.552. The fraction of sp³-hybridized carbons (Fsp3) is 0.353. The molecule has 24 heavy (non-hydrogen) atoms. The number of aromatic amines is 1. The molecular formula is C17H22N6S. The molecule has 3 aromatic rings. The smallest absolute Gasteiger partial charge is 0.193 e. The van der Waals surface area contributed by atoms with Crippen LogP contribution in [0.2, 0.25) is 0 Å². The number of H-pyrrole nitrogens is 1. The minimum absolute atomic E-state index is 0.751.